The monoisotopic (exact) mass is 265 g/mol. The average Bonchev–Trinajstić information content (AvgIpc) is 2.35. The summed E-state index contributed by atoms with van der Waals surface area (Å²) in [5.41, 5.74) is 1.67. The van der Waals surface area contributed by atoms with E-state index < -0.39 is 5.97 Å². The average molecular weight is 265 g/mol. The van der Waals surface area contributed by atoms with Crippen LogP contribution >= 0.6 is 0 Å². The number of nitrogens with one attached hydrogen (secondary N) is 1. The van der Waals surface area contributed by atoms with Crippen LogP contribution in [-0.4, -0.2) is 26.6 Å². The summed E-state index contributed by atoms with van der Waals surface area (Å²) < 4.78 is 0. The third kappa shape index (κ3) is 5.24. The van der Waals surface area contributed by atoms with Crippen molar-refractivity contribution in [3.05, 3.63) is 17.5 Å². The van der Waals surface area contributed by atoms with Gasteiger partial charge in [-0.15, -0.1) is 0 Å². The minimum atomic E-state index is -0.785. The molecular formula is C14H23N3O2. The third-order valence-corrected chi connectivity index (χ3v) is 2.97. The fraction of sp³-hybridized carbons (Fsp3) is 0.643. The van der Waals surface area contributed by atoms with E-state index in [1.165, 1.54) is 0 Å². The van der Waals surface area contributed by atoms with E-state index in [0.717, 1.165) is 24.2 Å². The van der Waals surface area contributed by atoms with Crippen molar-refractivity contribution in [3.63, 3.8) is 0 Å². The molecule has 106 valence electrons. The Morgan fingerprint density at radius 2 is 1.79 bits per heavy atom. The summed E-state index contributed by atoms with van der Waals surface area (Å²) in [7, 11) is 0. The molecule has 2 N–H and O–H groups in total. The zero-order valence-electron chi connectivity index (χ0n) is 12.2. The molecule has 0 amide bonds. The van der Waals surface area contributed by atoms with Crippen LogP contribution in [0.15, 0.2) is 6.07 Å². The van der Waals surface area contributed by atoms with Gasteiger partial charge in [-0.2, -0.15) is 0 Å². The van der Waals surface area contributed by atoms with Crippen LogP contribution in [0, 0.1) is 0 Å². The lowest BCUT2D eigenvalue weighted by molar-refractivity contribution is -0.137. The fourth-order valence-electron chi connectivity index (χ4n) is 1.76. The van der Waals surface area contributed by atoms with Crippen LogP contribution in [0.1, 0.15) is 51.9 Å². The molecule has 0 atom stereocenters. The van der Waals surface area contributed by atoms with Gasteiger partial charge < -0.3 is 10.4 Å². The van der Waals surface area contributed by atoms with Gasteiger partial charge in [-0.05, 0) is 39.2 Å². The summed E-state index contributed by atoms with van der Waals surface area (Å²) in [6, 6.07) is 2.01. The number of nitrogens with zero attached hydrogens (tertiary/aromatic N) is 2. The molecule has 5 heteroatoms. The maximum absolute atomic E-state index is 10.6. The number of hydrogen-bond donors (Lipinski definition) is 2. The summed E-state index contributed by atoms with van der Waals surface area (Å²) in [6.45, 7) is 8.04. The first-order valence-electron chi connectivity index (χ1n) is 6.73. The second-order valence-corrected chi connectivity index (χ2v) is 5.28. The van der Waals surface area contributed by atoms with Gasteiger partial charge in [0.25, 0.3) is 0 Å². The van der Waals surface area contributed by atoms with Crippen LogP contribution in [0.3, 0.4) is 0 Å². The van der Waals surface area contributed by atoms with Gasteiger partial charge in [-0.25, -0.2) is 9.97 Å². The summed E-state index contributed by atoms with van der Waals surface area (Å²) in [6.07, 6.45) is 2.39. The molecule has 0 aliphatic heterocycles. The molecule has 0 bridgehead atoms. The van der Waals surface area contributed by atoms with Crippen molar-refractivity contribution >= 4 is 11.9 Å². The number of aliphatic carboxylic acids is 1. The van der Waals surface area contributed by atoms with E-state index in [2.05, 4.69) is 29.1 Å². The Labute approximate surface area is 114 Å². The Balaban J connectivity index is 2.82. The van der Waals surface area contributed by atoms with Gasteiger partial charge in [0.2, 0.25) is 5.95 Å². The van der Waals surface area contributed by atoms with Gasteiger partial charge >= 0.3 is 5.97 Å². The minimum Gasteiger partial charge on any atom is -0.481 e. The highest BCUT2D eigenvalue weighted by molar-refractivity contribution is 5.66. The van der Waals surface area contributed by atoms with Crippen LogP contribution in [-0.2, 0) is 17.6 Å². The third-order valence-electron chi connectivity index (χ3n) is 2.97. The molecule has 1 aromatic heterocycles. The Morgan fingerprint density at radius 1 is 1.26 bits per heavy atom. The Kier molecular flexibility index (Phi) is 5.27. The van der Waals surface area contributed by atoms with Gasteiger partial charge in [-0.3, -0.25) is 4.79 Å². The number of hydrogen-bond acceptors (Lipinski definition) is 4. The van der Waals surface area contributed by atoms with E-state index in [1.807, 2.05) is 19.9 Å². The van der Waals surface area contributed by atoms with Crippen molar-refractivity contribution in [2.24, 2.45) is 0 Å². The van der Waals surface area contributed by atoms with Gasteiger partial charge in [0.05, 0.1) is 0 Å². The van der Waals surface area contributed by atoms with Crippen molar-refractivity contribution in [3.8, 4) is 0 Å². The van der Waals surface area contributed by atoms with E-state index in [0.29, 0.717) is 12.4 Å². The van der Waals surface area contributed by atoms with Gasteiger partial charge in [0.15, 0.2) is 0 Å². The van der Waals surface area contributed by atoms with Crippen LogP contribution in [0.25, 0.3) is 0 Å². The first kappa shape index (κ1) is 15.4. The molecule has 0 aliphatic rings. The smallest absolute Gasteiger partial charge is 0.303 e. The van der Waals surface area contributed by atoms with Gasteiger partial charge in [0.1, 0.15) is 0 Å². The Hall–Kier alpha value is -1.65. The van der Waals surface area contributed by atoms with Crippen molar-refractivity contribution < 1.29 is 9.90 Å². The van der Waals surface area contributed by atoms with E-state index in [9.17, 15) is 4.79 Å². The number of rotatable bonds is 7. The molecule has 1 aromatic rings. The quantitative estimate of drug-likeness (QED) is 0.792. The molecule has 0 fully saturated rings. The van der Waals surface area contributed by atoms with Crippen LogP contribution in [0.2, 0.25) is 0 Å². The zero-order chi connectivity index (χ0) is 14.5. The van der Waals surface area contributed by atoms with Gasteiger partial charge in [0, 0.05) is 23.3 Å². The van der Waals surface area contributed by atoms with E-state index in [1.54, 1.807) is 0 Å². The van der Waals surface area contributed by atoms with E-state index >= 15 is 0 Å². The molecule has 0 saturated carbocycles. The van der Waals surface area contributed by atoms with Crippen molar-refractivity contribution in [1.29, 1.82) is 0 Å². The van der Waals surface area contributed by atoms with Crippen LogP contribution < -0.4 is 5.32 Å². The Bertz CT molecular complexity index is 422. The molecule has 0 unspecified atom stereocenters. The highest BCUT2D eigenvalue weighted by Crippen LogP contribution is 2.18. The molecule has 0 radical (unpaired) electrons. The molecule has 0 aliphatic carbocycles. The number of carboxylic acid groups (broad SMARTS) is 1. The predicted octanol–water partition coefficient (Wildman–Crippen LogP) is 2.66. The standard InChI is InChI=1S/C14H23N3O2/c1-5-10-9-11(6-2)16-13(15-10)17-14(3,4)8-7-12(18)19/h9H,5-8H2,1-4H3,(H,18,19)(H,15,16,17). The highest BCUT2D eigenvalue weighted by atomic mass is 16.4. The predicted molar refractivity (Wildman–Crippen MR) is 75.4 cm³/mol. The van der Waals surface area contributed by atoms with Crippen molar-refractivity contribution in [2.45, 2.75) is 58.9 Å². The minimum absolute atomic E-state index is 0.133. The second kappa shape index (κ2) is 6.50. The topological polar surface area (TPSA) is 75.1 Å². The van der Waals surface area contributed by atoms with Crippen molar-refractivity contribution in [1.82, 2.24) is 9.97 Å². The molecule has 0 spiro atoms. The zero-order valence-corrected chi connectivity index (χ0v) is 12.2. The summed E-state index contributed by atoms with van der Waals surface area (Å²) in [4.78, 5) is 19.5. The lowest BCUT2D eigenvalue weighted by Gasteiger charge is -2.26. The Morgan fingerprint density at radius 3 is 2.21 bits per heavy atom. The van der Waals surface area contributed by atoms with Crippen LogP contribution in [0.4, 0.5) is 5.95 Å². The number of anilines is 1. The van der Waals surface area contributed by atoms with Crippen molar-refractivity contribution in [2.75, 3.05) is 5.32 Å². The summed E-state index contributed by atoms with van der Waals surface area (Å²) >= 11 is 0. The van der Waals surface area contributed by atoms with Crippen LogP contribution in [0.5, 0.6) is 0 Å². The molecular weight excluding hydrogens is 242 g/mol. The number of carbonyl (C=O) groups is 1. The number of carboxylic acids is 1. The first-order valence-corrected chi connectivity index (χ1v) is 6.73. The fourth-order valence-corrected chi connectivity index (χ4v) is 1.76. The maximum Gasteiger partial charge on any atom is 0.303 e. The highest BCUT2D eigenvalue weighted by Gasteiger charge is 2.20. The molecule has 5 nitrogen and oxygen atoms in total. The lowest BCUT2D eigenvalue weighted by Crippen LogP contribution is -2.32. The molecule has 0 saturated heterocycles. The van der Waals surface area contributed by atoms with E-state index in [4.69, 9.17) is 5.11 Å². The first-order chi connectivity index (χ1) is 8.86. The second-order valence-electron chi connectivity index (χ2n) is 5.28. The molecule has 0 aromatic carbocycles. The van der Waals surface area contributed by atoms with E-state index in [-0.39, 0.29) is 12.0 Å². The maximum atomic E-state index is 10.6. The molecule has 1 rings (SSSR count). The normalized spacial score (nSPS) is 11.4. The van der Waals surface area contributed by atoms with Gasteiger partial charge in [-0.1, -0.05) is 13.8 Å². The molecule has 1 heterocycles. The largest absolute Gasteiger partial charge is 0.481 e. The summed E-state index contributed by atoms with van der Waals surface area (Å²) in [5, 5.41) is 12.0. The summed E-state index contributed by atoms with van der Waals surface area (Å²) in [5.74, 6) is -0.195. The lowest BCUT2D eigenvalue weighted by atomic mass is 9.99. The number of aromatic nitrogens is 2. The SMILES string of the molecule is CCc1cc(CC)nc(NC(C)(C)CCC(=O)O)n1. The molecule has 19 heavy (non-hydrogen) atoms. The number of aryl methyl sites for hydroxylation is 2.